The van der Waals surface area contributed by atoms with Gasteiger partial charge in [0.15, 0.2) is 10.7 Å². The van der Waals surface area contributed by atoms with Crippen molar-refractivity contribution in [1.82, 2.24) is 4.31 Å². The Balaban J connectivity index is 2.52. The first-order valence-electron chi connectivity index (χ1n) is 6.13. The average Bonchev–Trinajstić information content (AvgIpc) is 2.34. The first kappa shape index (κ1) is 16.5. The van der Waals surface area contributed by atoms with Gasteiger partial charge >= 0.3 is 0 Å². The van der Waals surface area contributed by atoms with Gasteiger partial charge in [-0.1, -0.05) is 11.6 Å². The van der Waals surface area contributed by atoms with Crippen LogP contribution in [0.25, 0.3) is 0 Å². The first-order chi connectivity index (χ1) is 9.64. The zero-order chi connectivity index (χ0) is 15.9. The van der Waals surface area contributed by atoms with E-state index in [2.05, 4.69) is 0 Å². The van der Waals surface area contributed by atoms with Gasteiger partial charge in [-0.2, -0.15) is 4.31 Å². The summed E-state index contributed by atoms with van der Waals surface area (Å²) in [6, 6.07) is 0.256. The minimum Gasteiger partial charge on any atom is -0.373 e. The molecule has 2 rings (SSSR count). The van der Waals surface area contributed by atoms with Crippen LogP contribution in [0.3, 0.4) is 0 Å². The molecule has 118 valence electrons. The number of hydrogen-bond acceptors (Lipinski definition) is 3. The van der Waals surface area contributed by atoms with E-state index in [1.54, 1.807) is 13.8 Å². The van der Waals surface area contributed by atoms with Gasteiger partial charge in [0.1, 0.15) is 16.7 Å². The second kappa shape index (κ2) is 5.75. The van der Waals surface area contributed by atoms with Gasteiger partial charge in [0.25, 0.3) is 0 Å². The maximum absolute atomic E-state index is 13.9. The van der Waals surface area contributed by atoms with Crippen LogP contribution in [0.1, 0.15) is 13.8 Å². The molecule has 0 N–H and O–H groups in total. The lowest BCUT2D eigenvalue weighted by molar-refractivity contribution is -0.0441. The van der Waals surface area contributed by atoms with Crippen molar-refractivity contribution in [1.29, 1.82) is 0 Å². The number of benzene rings is 1. The predicted molar refractivity (Wildman–Crippen MR) is 70.1 cm³/mol. The molecule has 21 heavy (non-hydrogen) atoms. The number of rotatable bonds is 2. The van der Waals surface area contributed by atoms with Crippen LogP contribution in [0, 0.1) is 17.5 Å². The average molecular weight is 344 g/mol. The van der Waals surface area contributed by atoms with E-state index < -0.39 is 49.6 Å². The lowest BCUT2D eigenvalue weighted by Gasteiger charge is -2.34. The highest BCUT2D eigenvalue weighted by Gasteiger charge is 2.37. The molecule has 1 aromatic rings. The van der Waals surface area contributed by atoms with Gasteiger partial charge in [-0.15, -0.1) is 0 Å². The third-order valence-corrected chi connectivity index (χ3v) is 5.27. The van der Waals surface area contributed by atoms with Gasteiger partial charge in [0.05, 0.1) is 12.2 Å². The van der Waals surface area contributed by atoms with E-state index in [1.165, 1.54) is 0 Å². The molecule has 0 spiro atoms. The molecule has 9 heteroatoms. The van der Waals surface area contributed by atoms with Crippen LogP contribution in [-0.4, -0.2) is 38.0 Å². The topological polar surface area (TPSA) is 46.6 Å². The molecular formula is C12H13ClF3NO3S. The molecule has 1 aliphatic heterocycles. The number of ether oxygens (including phenoxy) is 1. The number of halogens is 4. The van der Waals surface area contributed by atoms with Gasteiger partial charge in [-0.25, -0.2) is 21.6 Å². The summed E-state index contributed by atoms with van der Waals surface area (Å²) in [5.41, 5.74) is 0. The second-order valence-corrected chi connectivity index (χ2v) is 7.13. The molecular weight excluding hydrogens is 331 g/mol. The normalized spacial score (nSPS) is 24.3. The summed E-state index contributed by atoms with van der Waals surface area (Å²) in [4.78, 5) is -1.24. The van der Waals surface area contributed by atoms with Crippen molar-refractivity contribution in [2.24, 2.45) is 0 Å². The van der Waals surface area contributed by atoms with Crippen molar-refractivity contribution in [2.75, 3.05) is 13.1 Å². The predicted octanol–water partition coefficient (Wildman–Crippen LogP) is 2.56. The molecule has 1 aliphatic rings. The molecule has 1 saturated heterocycles. The molecule has 0 aromatic heterocycles. The van der Waals surface area contributed by atoms with Crippen molar-refractivity contribution < 1.29 is 26.3 Å². The van der Waals surface area contributed by atoms with E-state index in [0.29, 0.717) is 0 Å². The summed E-state index contributed by atoms with van der Waals surface area (Å²) < 4.78 is 71.9. The minimum absolute atomic E-state index is 0.0550. The quantitative estimate of drug-likeness (QED) is 0.612. The molecule has 0 radical (unpaired) electrons. The summed E-state index contributed by atoms with van der Waals surface area (Å²) in [5, 5.41) is -1.05. The first-order valence-corrected chi connectivity index (χ1v) is 7.95. The summed E-state index contributed by atoms with van der Waals surface area (Å²) in [7, 11) is -4.48. The summed E-state index contributed by atoms with van der Waals surface area (Å²) in [6.45, 7) is 3.17. The van der Waals surface area contributed by atoms with Crippen molar-refractivity contribution >= 4 is 21.6 Å². The minimum atomic E-state index is -4.48. The standard InChI is InChI=1S/C12H13ClF3NO3S/c1-6-4-17(5-7(2)20-6)21(18,19)12-9(15)3-8(14)10(13)11(12)16/h3,6-7H,4-5H2,1-2H3. The van der Waals surface area contributed by atoms with E-state index >= 15 is 0 Å². The third-order valence-electron chi connectivity index (χ3n) is 3.06. The Kier molecular flexibility index (Phi) is 4.53. The van der Waals surface area contributed by atoms with Crippen LogP contribution in [0.15, 0.2) is 11.0 Å². The Hall–Kier alpha value is -0.830. The highest BCUT2D eigenvalue weighted by molar-refractivity contribution is 7.89. The smallest absolute Gasteiger partial charge is 0.249 e. The molecule has 1 fully saturated rings. The molecule has 0 amide bonds. The van der Waals surface area contributed by atoms with Crippen LogP contribution in [0.4, 0.5) is 13.2 Å². The van der Waals surface area contributed by atoms with Crippen molar-refractivity contribution in [3.63, 3.8) is 0 Å². The number of nitrogens with zero attached hydrogens (tertiary/aromatic N) is 1. The molecule has 4 nitrogen and oxygen atoms in total. The highest BCUT2D eigenvalue weighted by Crippen LogP contribution is 2.31. The zero-order valence-corrected chi connectivity index (χ0v) is 12.8. The van der Waals surface area contributed by atoms with E-state index in [4.69, 9.17) is 16.3 Å². The summed E-state index contributed by atoms with van der Waals surface area (Å²) in [6.07, 6.45) is -0.851. The van der Waals surface area contributed by atoms with Crippen molar-refractivity contribution in [3.05, 3.63) is 28.5 Å². The Morgan fingerprint density at radius 2 is 1.71 bits per heavy atom. The Bertz CT molecular complexity index is 658. The van der Waals surface area contributed by atoms with E-state index in [1.807, 2.05) is 0 Å². The maximum Gasteiger partial charge on any atom is 0.249 e. The Morgan fingerprint density at radius 3 is 2.24 bits per heavy atom. The fourth-order valence-corrected chi connectivity index (χ4v) is 4.15. The fraction of sp³-hybridized carbons (Fsp3) is 0.500. The lowest BCUT2D eigenvalue weighted by Crippen LogP contribution is -2.48. The summed E-state index contributed by atoms with van der Waals surface area (Å²) in [5.74, 6) is -4.49. The lowest BCUT2D eigenvalue weighted by atomic mass is 10.3. The van der Waals surface area contributed by atoms with E-state index in [9.17, 15) is 21.6 Å². The van der Waals surface area contributed by atoms with Crippen molar-refractivity contribution in [3.8, 4) is 0 Å². The summed E-state index contributed by atoms with van der Waals surface area (Å²) >= 11 is 5.33. The van der Waals surface area contributed by atoms with Gasteiger partial charge in [0.2, 0.25) is 10.0 Å². The molecule has 0 saturated carbocycles. The largest absolute Gasteiger partial charge is 0.373 e. The zero-order valence-electron chi connectivity index (χ0n) is 11.2. The molecule has 2 unspecified atom stereocenters. The maximum atomic E-state index is 13.9. The molecule has 1 aromatic carbocycles. The van der Waals surface area contributed by atoms with Gasteiger partial charge in [0, 0.05) is 19.2 Å². The third kappa shape index (κ3) is 3.03. The van der Waals surface area contributed by atoms with Gasteiger partial charge in [-0.3, -0.25) is 0 Å². The molecule has 0 bridgehead atoms. The van der Waals surface area contributed by atoms with Crippen LogP contribution in [-0.2, 0) is 14.8 Å². The van der Waals surface area contributed by atoms with Crippen molar-refractivity contribution in [2.45, 2.75) is 31.0 Å². The number of morpholine rings is 1. The fourth-order valence-electron chi connectivity index (χ4n) is 2.24. The van der Waals surface area contributed by atoms with E-state index in [0.717, 1.165) is 4.31 Å². The Morgan fingerprint density at radius 1 is 1.19 bits per heavy atom. The van der Waals surface area contributed by atoms with E-state index in [-0.39, 0.29) is 19.2 Å². The molecule has 0 aliphatic carbocycles. The van der Waals surface area contributed by atoms with Crippen LogP contribution < -0.4 is 0 Å². The van der Waals surface area contributed by atoms with Gasteiger partial charge < -0.3 is 4.74 Å². The van der Waals surface area contributed by atoms with Crippen LogP contribution in [0.2, 0.25) is 5.02 Å². The van der Waals surface area contributed by atoms with Crippen LogP contribution in [0.5, 0.6) is 0 Å². The highest BCUT2D eigenvalue weighted by atomic mass is 35.5. The van der Waals surface area contributed by atoms with Crippen LogP contribution >= 0.6 is 11.6 Å². The molecule has 1 heterocycles. The Labute approximate surface area is 125 Å². The number of hydrogen-bond donors (Lipinski definition) is 0. The second-order valence-electron chi connectivity index (χ2n) is 4.88. The molecule has 2 atom stereocenters. The SMILES string of the molecule is CC1CN(S(=O)(=O)c2c(F)cc(F)c(Cl)c2F)CC(C)O1. The number of sulfonamides is 1. The monoisotopic (exact) mass is 343 g/mol. The van der Waals surface area contributed by atoms with Gasteiger partial charge in [-0.05, 0) is 13.8 Å².